The Hall–Kier alpha value is -3.37. The highest BCUT2D eigenvalue weighted by Crippen LogP contribution is 2.46. The van der Waals surface area contributed by atoms with Crippen molar-refractivity contribution in [3.8, 4) is 17.2 Å². The van der Waals surface area contributed by atoms with Crippen LogP contribution >= 0.6 is 11.3 Å². The van der Waals surface area contributed by atoms with Gasteiger partial charge in [-0.15, -0.1) is 11.3 Å². The maximum Gasteiger partial charge on any atom is 0.328 e. The van der Waals surface area contributed by atoms with Crippen LogP contribution in [0.4, 0.5) is 0 Å². The number of thiophene rings is 1. The number of aromatic amines is 1. The van der Waals surface area contributed by atoms with Crippen LogP contribution in [0.25, 0.3) is 20.4 Å². The average molecular weight is 509 g/mol. The van der Waals surface area contributed by atoms with Gasteiger partial charge in [-0.25, -0.2) is 9.78 Å². The van der Waals surface area contributed by atoms with Crippen LogP contribution in [0.5, 0.6) is 17.2 Å². The minimum absolute atomic E-state index is 0.271. The van der Waals surface area contributed by atoms with Crippen molar-refractivity contribution >= 4 is 31.8 Å². The molecule has 0 spiro atoms. The predicted molar refractivity (Wildman–Crippen MR) is 139 cm³/mol. The second-order valence-corrected chi connectivity index (χ2v) is 10.4. The number of likely N-dealkylation sites (tertiary alicyclic amines) is 1. The number of aromatic nitrogens is 3. The maximum absolute atomic E-state index is 13.2. The molecule has 188 valence electrons. The van der Waals surface area contributed by atoms with Gasteiger partial charge in [0.05, 0.1) is 31.7 Å². The van der Waals surface area contributed by atoms with Gasteiger partial charge in [0.15, 0.2) is 0 Å². The predicted octanol–water partition coefficient (Wildman–Crippen LogP) is 3.20. The fourth-order valence-electron chi connectivity index (χ4n) is 5.66. The van der Waals surface area contributed by atoms with Crippen molar-refractivity contribution in [3.63, 3.8) is 0 Å². The molecule has 3 aromatic heterocycles. The molecule has 2 aliphatic heterocycles. The fourth-order valence-corrected chi connectivity index (χ4v) is 6.73. The highest BCUT2D eigenvalue weighted by atomic mass is 32.1. The molecule has 5 heterocycles. The Labute approximate surface area is 211 Å². The molecule has 10 heteroatoms. The normalized spacial score (nSPS) is 19.3. The first-order valence-corrected chi connectivity index (χ1v) is 13.0. The monoisotopic (exact) mass is 508 g/mol. The van der Waals surface area contributed by atoms with E-state index in [1.807, 2.05) is 18.2 Å². The van der Waals surface area contributed by atoms with E-state index >= 15 is 0 Å². The van der Waals surface area contributed by atoms with Crippen LogP contribution in [0.1, 0.15) is 24.3 Å². The number of benzene rings is 1. The molecule has 0 radical (unpaired) electrons. The second-order valence-electron chi connectivity index (χ2n) is 9.40. The third-order valence-electron chi connectivity index (χ3n) is 7.38. The summed E-state index contributed by atoms with van der Waals surface area (Å²) in [4.78, 5) is 36.3. The van der Waals surface area contributed by atoms with Crippen LogP contribution < -0.4 is 25.5 Å². The van der Waals surface area contributed by atoms with E-state index in [1.165, 1.54) is 21.5 Å². The van der Waals surface area contributed by atoms with E-state index in [2.05, 4.69) is 14.9 Å². The Morgan fingerprint density at radius 3 is 2.78 bits per heavy atom. The van der Waals surface area contributed by atoms with E-state index in [4.69, 9.17) is 14.2 Å². The Morgan fingerprint density at radius 2 is 1.94 bits per heavy atom. The Morgan fingerprint density at radius 1 is 1.11 bits per heavy atom. The summed E-state index contributed by atoms with van der Waals surface area (Å²) in [5.74, 6) is 3.26. The van der Waals surface area contributed by atoms with Crippen molar-refractivity contribution in [2.75, 3.05) is 40.5 Å². The number of methoxy groups -OCH3 is 2. The van der Waals surface area contributed by atoms with E-state index in [0.29, 0.717) is 44.6 Å². The molecule has 0 bridgehead atoms. The molecule has 2 atom stereocenters. The lowest BCUT2D eigenvalue weighted by atomic mass is 9.86. The van der Waals surface area contributed by atoms with E-state index < -0.39 is 5.69 Å². The molecular weight excluding hydrogens is 480 g/mol. The van der Waals surface area contributed by atoms with Crippen LogP contribution in [-0.2, 0) is 6.54 Å². The molecule has 36 heavy (non-hydrogen) atoms. The topological polar surface area (TPSA) is 98.7 Å². The van der Waals surface area contributed by atoms with Crippen molar-refractivity contribution in [1.82, 2.24) is 19.4 Å². The highest BCUT2D eigenvalue weighted by molar-refractivity contribution is 7.25. The largest absolute Gasteiger partial charge is 0.496 e. The van der Waals surface area contributed by atoms with E-state index in [0.717, 1.165) is 50.6 Å². The third-order valence-corrected chi connectivity index (χ3v) is 8.47. The maximum atomic E-state index is 13.2. The molecule has 4 aromatic rings. The van der Waals surface area contributed by atoms with Crippen molar-refractivity contribution in [2.24, 2.45) is 5.92 Å². The molecule has 0 unspecified atom stereocenters. The molecule has 0 amide bonds. The summed E-state index contributed by atoms with van der Waals surface area (Å²) in [5, 5.41) is 0.680. The van der Waals surface area contributed by atoms with Gasteiger partial charge in [-0.1, -0.05) is 6.07 Å². The number of hydrogen-bond donors (Lipinski definition) is 1. The summed E-state index contributed by atoms with van der Waals surface area (Å²) >= 11 is 1.28. The van der Waals surface area contributed by atoms with Crippen molar-refractivity contribution in [2.45, 2.75) is 25.3 Å². The highest BCUT2D eigenvalue weighted by Gasteiger charge is 2.40. The minimum atomic E-state index is -0.397. The Kier molecular flexibility index (Phi) is 5.93. The number of nitrogens with zero attached hydrogens (tertiary/aromatic N) is 3. The average Bonchev–Trinajstić information content (AvgIpc) is 3.49. The van der Waals surface area contributed by atoms with E-state index in [-0.39, 0.29) is 5.56 Å². The molecule has 9 nitrogen and oxygen atoms in total. The number of unbranched alkanes of at least 4 members (excludes halogenated alkanes) is 1. The van der Waals surface area contributed by atoms with Crippen LogP contribution in [-0.4, -0.2) is 59.9 Å². The van der Waals surface area contributed by atoms with Gasteiger partial charge in [0.2, 0.25) is 0 Å². The van der Waals surface area contributed by atoms with Gasteiger partial charge in [-0.05, 0) is 37.6 Å². The van der Waals surface area contributed by atoms with Gasteiger partial charge < -0.3 is 24.1 Å². The first-order valence-electron chi connectivity index (χ1n) is 12.2. The smallest absolute Gasteiger partial charge is 0.328 e. The zero-order chi connectivity index (χ0) is 24.8. The second kappa shape index (κ2) is 9.25. The zero-order valence-corrected chi connectivity index (χ0v) is 21.1. The molecule has 1 N–H and O–H groups in total. The first kappa shape index (κ1) is 23.1. The number of H-pyrrole nitrogens is 1. The van der Waals surface area contributed by atoms with E-state index in [9.17, 15) is 9.59 Å². The van der Waals surface area contributed by atoms with Gasteiger partial charge in [0.25, 0.3) is 5.56 Å². The van der Waals surface area contributed by atoms with Crippen molar-refractivity contribution in [1.29, 1.82) is 0 Å². The molecular formula is C26H28N4O5S. The number of pyridine rings is 1. The minimum Gasteiger partial charge on any atom is -0.496 e. The molecule has 0 saturated carbocycles. The third kappa shape index (κ3) is 3.75. The zero-order valence-electron chi connectivity index (χ0n) is 20.3. The molecule has 1 fully saturated rings. The van der Waals surface area contributed by atoms with Gasteiger partial charge in [-0.3, -0.25) is 9.36 Å². The van der Waals surface area contributed by atoms with Gasteiger partial charge in [0, 0.05) is 43.2 Å². The Balaban J connectivity index is 1.14. The van der Waals surface area contributed by atoms with Crippen LogP contribution in [0.2, 0.25) is 0 Å². The molecule has 1 aromatic carbocycles. The van der Waals surface area contributed by atoms with E-state index in [1.54, 1.807) is 26.5 Å². The summed E-state index contributed by atoms with van der Waals surface area (Å²) < 4.78 is 18.9. The van der Waals surface area contributed by atoms with Crippen LogP contribution in [0.15, 0.2) is 40.1 Å². The molecule has 2 aliphatic rings. The molecule has 1 saturated heterocycles. The molecule has 6 rings (SSSR count). The summed E-state index contributed by atoms with van der Waals surface area (Å²) in [6.45, 7) is 3.95. The van der Waals surface area contributed by atoms with Gasteiger partial charge in [-0.2, -0.15) is 0 Å². The number of rotatable bonds is 7. The number of ether oxygens (including phenoxy) is 3. The summed E-state index contributed by atoms with van der Waals surface area (Å²) in [6.07, 6.45) is 3.27. The van der Waals surface area contributed by atoms with Crippen molar-refractivity contribution in [3.05, 3.63) is 56.9 Å². The standard InChI is InChI=1S/C26H28N4O5S/c1-33-17-6-5-7-19-20(17)16-13-29(12-15(16)14-35-19)10-3-4-11-30-25(31)23-22(28-26(30)32)21-18(34-2)8-9-27-24(21)36-23/h5-9,15-16H,3-4,10-14H2,1-2H3,(H,28,32)/t15-,16-/m1/s1. The lowest BCUT2D eigenvalue weighted by Gasteiger charge is -2.29. The summed E-state index contributed by atoms with van der Waals surface area (Å²) in [7, 11) is 3.27. The molecule has 0 aliphatic carbocycles. The number of nitrogens with one attached hydrogen (secondary N) is 1. The summed E-state index contributed by atoms with van der Waals surface area (Å²) in [5.41, 5.74) is 1.02. The van der Waals surface area contributed by atoms with Crippen molar-refractivity contribution < 1.29 is 14.2 Å². The van der Waals surface area contributed by atoms with Gasteiger partial charge in [0.1, 0.15) is 26.8 Å². The summed E-state index contributed by atoms with van der Waals surface area (Å²) in [6, 6.07) is 7.72. The number of fused-ring (bicyclic) bond motifs is 6. The number of hydrogen-bond acceptors (Lipinski definition) is 8. The lowest BCUT2D eigenvalue weighted by molar-refractivity contribution is 0.209. The Bertz CT molecular complexity index is 1540. The SMILES string of the molecule is COc1cccc2c1[C@@H]1CN(CCCCn3c(=O)[nH]c4c(sc5nccc(OC)c54)c3=O)C[C@@H]1CO2. The fraction of sp³-hybridized carbons (Fsp3) is 0.423. The van der Waals surface area contributed by atoms with Crippen LogP contribution in [0.3, 0.4) is 0 Å². The quantitative estimate of drug-likeness (QED) is 0.383. The van der Waals surface area contributed by atoms with Crippen LogP contribution in [0, 0.1) is 5.92 Å². The van der Waals surface area contributed by atoms with Gasteiger partial charge >= 0.3 is 5.69 Å². The lowest BCUT2D eigenvalue weighted by Crippen LogP contribution is -2.34. The first-order chi connectivity index (χ1) is 17.6.